The van der Waals surface area contributed by atoms with Gasteiger partial charge in [0, 0.05) is 0 Å². The molecule has 0 atom stereocenters. The van der Waals surface area contributed by atoms with E-state index >= 15 is 0 Å². The minimum absolute atomic E-state index is 0.424. The van der Waals surface area contributed by atoms with E-state index in [1.165, 1.54) is 0 Å². The minimum Gasteiger partial charge on any atom is -0.350 e. The highest BCUT2D eigenvalue weighted by molar-refractivity contribution is 5.70. The van der Waals surface area contributed by atoms with Crippen LogP contribution < -0.4 is 11.2 Å². The second kappa shape index (κ2) is 5.16. The molecule has 0 aliphatic carbocycles. The Morgan fingerprint density at radius 1 is 1.38 bits per heavy atom. The number of hydrogen-bond acceptors (Lipinski definition) is 2. The molecular formula is C9H12N2O2. The van der Waals surface area contributed by atoms with Gasteiger partial charge in [-0.05, 0) is 12.0 Å². The summed E-state index contributed by atoms with van der Waals surface area (Å²) in [5, 5.41) is 0. The molecule has 0 saturated carbocycles. The van der Waals surface area contributed by atoms with Gasteiger partial charge in [-0.3, -0.25) is 4.84 Å². The van der Waals surface area contributed by atoms with Gasteiger partial charge in [-0.2, -0.15) is 0 Å². The van der Waals surface area contributed by atoms with Crippen LogP contribution in [0, 0.1) is 0 Å². The van der Waals surface area contributed by atoms with Crippen LogP contribution in [0.25, 0.3) is 0 Å². The fourth-order valence-electron chi connectivity index (χ4n) is 0.936. The van der Waals surface area contributed by atoms with Gasteiger partial charge in [0.1, 0.15) is 0 Å². The number of amides is 2. The van der Waals surface area contributed by atoms with Crippen LogP contribution in [0.2, 0.25) is 0 Å². The zero-order valence-corrected chi connectivity index (χ0v) is 7.19. The predicted molar refractivity (Wildman–Crippen MR) is 48.8 cm³/mol. The Labute approximate surface area is 76.6 Å². The Bertz CT molecular complexity index is 262. The van der Waals surface area contributed by atoms with Crippen LogP contribution in [0.3, 0.4) is 0 Å². The van der Waals surface area contributed by atoms with Crippen LogP contribution >= 0.6 is 0 Å². The first-order chi connectivity index (χ1) is 6.29. The molecular weight excluding hydrogens is 168 g/mol. The summed E-state index contributed by atoms with van der Waals surface area (Å²) in [7, 11) is 0. The van der Waals surface area contributed by atoms with Crippen molar-refractivity contribution in [3.05, 3.63) is 35.9 Å². The maximum atomic E-state index is 10.2. The standard InChI is InChI=1S/C9H12N2O2/c10-9(12)11-13-7-6-8-4-2-1-3-5-8/h1-5H,6-7H2,(H3,10,11,12). The number of urea groups is 1. The first-order valence-electron chi connectivity index (χ1n) is 4.00. The average molecular weight is 180 g/mol. The quantitative estimate of drug-likeness (QED) is 0.532. The topological polar surface area (TPSA) is 64.4 Å². The number of rotatable bonds is 4. The lowest BCUT2D eigenvalue weighted by Crippen LogP contribution is -2.30. The number of benzene rings is 1. The molecule has 0 bridgehead atoms. The van der Waals surface area contributed by atoms with E-state index in [9.17, 15) is 4.79 Å². The molecule has 3 N–H and O–H groups in total. The van der Waals surface area contributed by atoms with Crippen LogP contribution in [0.4, 0.5) is 4.79 Å². The molecule has 1 rings (SSSR count). The summed E-state index contributed by atoms with van der Waals surface area (Å²) in [5.41, 5.74) is 8.01. The Morgan fingerprint density at radius 3 is 2.69 bits per heavy atom. The summed E-state index contributed by atoms with van der Waals surface area (Å²) < 4.78 is 0. The number of nitrogens with two attached hydrogens (primary N) is 1. The normalized spacial score (nSPS) is 9.54. The molecule has 13 heavy (non-hydrogen) atoms. The van der Waals surface area contributed by atoms with E-state index < -0.39 is 6.03 Å². The predicted octanol–water partition coefficient (Wildman–Crippen LogP) is 0.829. The third-order valence-corrected chi connectivity index (χ3v) is 1.51. The van der Waals surface area contributed by atoms with E-state index in [1.807, 2.05) is 30.3 Å². The summed E-state index contributed by atoms with van der Waals surface area (Å²) in [4.78, 5) is 15.0. The molecule has 0 aliphatic rings. The molecule has 0 fully saturated rings. The van der Waals surface area contributed by atoms with Gasteiger partial charge in [0.2, 0.25) is 0 Å². The van der Waals surface area contributed by atoms with Crippen molar-refractivity contribution < 1.29 is 9.63 Å². The van der Waals surface area contributed by atoms with Gasteiger partial charge in [0.05, 0.1) is 6.61 Å². The highest BCUT2D eigenvalue weighted by atomic mass is 16.7. The second-order valence-corrected chi connectivity index (χ2v) is 2.55. The number of carbonyl (C=O) groups is 1. The molecule has 1 aromatic carbocycles. The van der Waals surface area contributed by atoms with Gasteiger partial charge in [0.25, 0.3) is 0 Å². The lowest BCUT2D eigenvalue weighted by molar-refractivity contribution is 0.0666. The fraction of sp³-hybridized carbons (Fsp3) is 0.222. The molecule has 0 saturated heterocycles. The third kappa shape index (κ3) is 4.12. The van der Waals surface area contributed by atoms with E-state index in [-0.39, 0.29) is 0 Å². The molecule has 0 heterocycles. The lowest BCUT2D eigenvalue weighted by atomic mass is 10.2. The SMILES string of the molecule is NC(=O)NOCCc1ccccc1. The van der Waals surface area contributed by atoms with Gasteiger partial charge < -0.3 is 5.73 Å². The van der Waals surface area contributed by atoms with Crippen LogP contribution in [0.1, 0.15) is 5.56 Å². The summed E-state index contributed by atoms with van der Waals surface area (Å²) in [6, 6.07) is 9.18. The molecule has 0 spiro atoms. The summed E-state index contributed by atoms with van der Waals surface area (Å²) in [6.07, 6.45) is 0.751. The van der Waals surface area contributed by atoms with Crippen molar-refractivity contribution in [1.82, 2.24) is 5.48 Å². The van der Waals surface area contributed by atoms with Crippen LogP contribution in [0.15, 0.2) is 30.3 Å². The van der Waals surface area contributed by atoms with Crippen molar-refractivity contribution in [2.75, 3.05) is 6.61 Å². The number of hydrogen-bond donors (Lipinski definition) is 2. The largest absolute Gasteiger partial charge is 0.350 e. The second-order valence-electron chi connectivity index (χ2n) is 2.55. The van der Waals surface area contributed by atoms with Crippen LogP contribution in [0.5, 0.6) is 0 Å². The molecule has 70 valence electrons. The molecule has 0 aromatic heterocycles. The summed E-state index contributed by atoms with van der Waals surface area (Å²) >= 11 is 0. The van der Waals surface area contributed by atoms with Crippen molar-refractivity contribution in [2.24, 2.45) is 5.73 Å². The van der Waals surface area contributed by atoms with Crippen molar-refractivity contribution >= 4 is 6.03 Å². The number of nitrogens with one attached hydrogen (secondary N) is 1. The Balaban J connectivity index is 2.17. The Morgan fingerprint density at radius 2 is 2.08 bits per heavy atom. The Hall–Kier alpha value is -1.55. The van der Waals surface area contributed by atoms with Crippen LogP contribution in [-0.4, -0.2) is 12.6 Å². The van der Waals surface area contributed by atoms with Crippen molar-refractivity contribution in [2.45, 2.75) is 6.42 Å². The fourth-order valence-corrected chi connectivity index (χ4v) is 0.936. The number of carbonyl (C=O) groups excluding carboxylic acids is 1. The van der Waals surface area contributed by atoms with Gasteiger partial charge in [-0.25, -0.2) is 10.3 Å². The zero-order valence-electron chi connectivity index (χ0n) is 7.19. The molecule has 1 aromatic rings. The summed E-state index contributed by atoms with van der Waals surface area (Å²) in [5.74, 6) is 0. The van der Waals surface area contributed by atoms with Crippen molar-refractivity contribution in [1.29, 1.82) is 0 Å². The van der Waals surface area contributed by atoms with E-state index in [1.54, 1.807) is 0 Å². The van der Waals surface area contributed by atoms with Crippen molar-refractivity contribution in [3.8, 4) is 0 Å². The first kappa shape index (κ1) is 9.54. The number of hydroxylamine groups is 1. The summed E-state index contributed by atoms with van der Waals surface area (Å²) in [6.45, 7) is 0.424. The molecule has 0 unspecified atom stereocenters. The van der Waals surface area contributed by atoms with Gasteiger partial charge >= 0.3 is 6.03 Å². The van der Waals surface area contributed by atoms with Crippen LogP contribution in [-0.2, 0) is 11.3 Å². The average Bonchev–Trinajstić information content (AvgIpc) is 2.14. The smallest absolute Gasteiger partial charge is 0.336 e. The zero-order chi connectivity index (χ0) is 9.52. The number of primary amides is 1. The molecule has 2 amide bonds. The highest BCUT2D eigenvalue weighted by Gasteiger charge is 1.93. The highest BCUT2D eigenvalue weighted by Crippen LogP contribution is 1.98. The van der Waals surface area contributed by atoms with Gasteiger partial charge in [0.15, 0.2) is 0 Å². The minimum atomic E-state index is -0.673. The third-order valence-electron chi connectivity index (χ3n) is 1.51. The van der Waals surface area contributed by atoms with Gasteiger partial charge in [-0.1, -0.05) is 30.3 Å². The maximum absolute atomic E-state index is 10.2. The monoisotopic (exact) mass is 180 g/mol. The van der Waals surface area contributed by atoms with E-state index in [4.69, 9.17) is 10.6 Å². The molecule has 0 aliphatic heterocycles. The van der Waals surface area contributed by atoms with E-state index in [2.05, 4.69) is 5.48 Å². The van der Waals surface area contributed by atoms with Gasteiger partial charge in [-0.15, -0.1) is 0 Å². The van der Waals surface area contributed by atoms with Crippen molar-refractivity contribution in [3.63, 3.8) is 0 Å². The molecule has 4 heteroatoms. The van der Waals surface area contributed by atoms with E-state index in [0.717, 1.165) is 12.0 Å². The lowest BCUT2D eigenvalue weighted by Gasteiger charge is -2.02. The van der Waals surface area contributed by atoms with E-state index in [0.29, 0.717) is 6.61 Å². The molecule has 0 radical (unpaired) electrons. The molecule has 4 nitrogen and oxygen atoms in total. The Kier molecular flexibility index (Phi) is 3.78. The first-order valence-corrected chi connectivity index (χ1v) is 4.00. The maximum Gasteiger partial charge on any atom is 0.336 e.